The molecular weight excluding hydrogens is 344 g/mol. The highest BCUT2D eigenvalue weighted by molar-refractivity contribution is 5.90. The van der Waals surface area contributed by atoms with Crippen molar-refractivity contribution in [2.45, 2.75) is 51.2 Å². The number of esters is 2. The van der Waals surface area contributed by atoms with Gasteiger partial charge in [0.05, 0.1) is 25.7 Å². The van der Waals surface area contributed by atoms with Crippen molar-refractivity contribution in [3.05, 3.63) is 54.1 Å². The molecule has 1 aromatic carbocycles. The van der Waals surface area contributed by atoms with Crippen molar-refractivity contribution < 1.29 is 19.1 Å². The molecule has 6 nitrogen and oxygen atoms in total. The Morgan fingerprint density at radius 1 is 1.15 bits per heavy atom. The minimum atomic E-state index is -0.863. The van der Waals surface area contributed by atoms with Crippen LogP contribution < -0.4 is 0 Å². The number of rotatable bonds is 6. The van der Waals surface area contributed by atoms with E-state index >= 15 is 0 Å². The molecule has 1 aromatic heterocycles. The quantitative estimate of drug-likeness (QED) is 0.724. The summed E-state index contributed by atoms with van der Waals surface area (Å²) in [7, 11) is 1.33. The summed E-state index contributed by atoms with van der Waals surface area (Å²) in [4.78, 5) is 29.2. The maximum absolute atomic E-state index is 12.8. The Hall–Kier alpha value is -2.63. The van der Waals surface area contributed by atoms with Crippen LogP contribution in [-0.2, 0) is 14.3 Å². The lowest BCUT2D eigenvalue weighted by Crippen LogP contribution is -2.37. The van der Waals surface area contributed by atoms with Crippen LogP contribution in [0.1, 0.15) is 61.1 Å². The van der Waals surface area contributed by atoms with Crippen molar-refractivity contribution in [2.75, 3.05) is 7.11 Å². The van der Waals surface area contributed by atoms with E-state index in [-0.39, 0.29) is 12.0 Å². The molecule has 27 heavy (non-hydrogen) atoms. The molecule has 0 radical (unpaired) electrons. The number of methoxy groups -OCH3 is 1. The second-order valence-electron chi connectivity index (χ2n) is 7.02. The van der Waals surface area contributed by atoms with E-state index < -0.39 is 18.0 Å². The van der Waals surface area contributed by atoms with Gasteiger partial charge in [0.25, 0.3) is 0 Å². The van der Waals surface area contributed by atoms with Crippen LogP contribution in [-0.4, -0.2) is 34.7 Å². The summed E-state index contributed by atoms with van der Waals surface area (Å²) < 4.78 is 12.3. The van der Waals surface area contributed by atoms with Gasteiger partial charge in [-0.05, 0) is 25.3 Å². The molecule has 144 valence electrons. The van der Waals surface area contributed by atoms with Crippen LogP contribution in [0.3, 0.4) is 0 Å². The summed E-state index contributed by atoms with van der Waals surface area (Å²) in [5, 5.41) is 0. The van der Waals surface area contributed by atoms with Gasteiger partial charge in [-0.25, -0.2) is 14.6 Å². The highest BCUT2D eigenvalue weighted by Crippen LogP contribution is 2.29. The number of carbonyl (C=O) groups excluding carboxylic acids is 2. The first-order valence-corrected chi connectivity index (χ1v) is 9.47. The molecule has 3 rings (SSSR count). The molecule has 1 aliphatic carbocycles. The zero-order chi connectivity index (χ0) is 19.2. The third-order valence-corrected chi connectivity index (χ3v) is 5.32. The van der Waals surface area contributed by atoms with E-state index in [1.165, 1.54) is 13.3 Å². The van der Waals surface area contributed by atoms with Crippen LogP contribution in [0.5, 0.6) is 0 Å². The maximum atomic E-state index is 12.8. The number of imidazole rings is 1. The summed E-state index contributed by atoms with van der Waals surface area (Å²) >= 11 is 0. The molecule has 0 N–H and O–H groups in total. The van der Waals surface area contributed by atoms with E-state index in [0.29, 0.717) is 5.69 Å². The average Bonchev–Trinajstić information content (AvgIpc) is 3.22. The van der Waals surface area contributed by atoms with Gasteiger partial charge in [-0.3, -0.25) is 0 Å². The van der Waals surface area contributed by atoms with E-state index in [0.717, 1.165) is 37.7 Å². The summed E-state index contributed by atoms with van der Waals surface area (Å²) in [6, 6.07) is 9.78. The number of hydrogen-bond donors (Lipinski definition) is 0. The Morgan fingerprint density at radius 3 is 2.52 bits per heavy atom. The van der Waals surface area contributed by atoms with Gasteiger partial charge in [0.1, 0.15) is 5.69 Å². The number of carbonyl (C=O) groups is 2. The SMILES string of the molecule is COC(=O)C(OC(=O)c1cncn1[C@H](C)c1ccccc1)C1CCCCC1. The van der Waals surface area contributed by atoms with Crippen molar-refractivity contribution in [1.29, 1.82) is 0 Å². The van der Waals surface area contributed by atoms with E-state index in [4.69, 9.17) is 9.47 Å². The second-order valence-corrected chi connectivity index (χ2v) is 7.02. The number of nitrogens with zero attached hydrogens (tertiary/aromatic N) is 2. The highest BCUT2D eigenvalue weighted by Gasteiger charge is 2.35. The van der Waals surface area contributed by atoms with Gasteiger partial charge in [-0.2, -0.15) is 0 Å². The Kier molecular flexibility index (Phi) is 6.27. The normalized spacial score (nSPS) is 17.1. The van der Waals surface area contributed by atoms with Gasteiger partial charge < -0.3 is 14.0 Å². The fourth-order valence-electron chi connectivity index (χ4n) is 3.73. The molecule has 6 heteroatoms. The summed E-state index contributed by atoms with van der Waals surface area (Å²) in [6.07, 6.45) is 7.20. The molecule has 1 fully saturated rings. The molecule has 1 saturated carbocycles. The molecule has 1 heterocycles. The summed E-state index contributed by atoms with van der Waals surface area (Å²) in [6.45, 7) is 1.99. The van der Waals surface area contributed by atoms with Crippen molar-refractivity contribution in [1.82, 2.24) is 9.55 Å². The minimum Gasteiger partial charge on any atom is -0.466 e. The average molecular weight is 370 g/mol. The number of hydrogen-bond acceptors (Lipinski definition) is 5. The van der Waals surface area contributed by atoms with E-state index in [1.807, 2.05) is 37.3 Å². The third kappa shape index (κ3) is 4.38. The molecular formula is C21H26N2O4. The van der Waals surface area contributed by atoms with Crippen LogP contribution in [0.15, 0.2) is 42.9 Å². The monoisotopic (exact) mass is 370 g/mol. The number of benzene rings is 1. The smallest absolute Gasteiger partial charge is 0.357 e. The predicted molar refractivity (Wildman–Crippen MR) is 100 cm³/mol. The molecule has 1 aliphatic rings. The van der Waals surface area contributed by atoms with Crippen LogP contribution in [0.25, 0.3) is 0 Å². The molecule has 0 saturated heterocycles. The van der Waals surface area contributed by atoms with Crippen molar-refractivity contribution in [2.24, 2.45) is 5.92 Å². The van der Waals surface area contributed by atoms with Gasteiger partial charge in [-0.15, -0.1) is 0 Å². The fraction of sp³-hybridized carbons (Fsp3) is 0.476. The Labute approximate surface area is 159 Å². The predicted octanol–water partition coefficient (Wildman–Crippen LogP) is 3.77. The first-order valence-electron chi connectivity index (χ1n) is 9.47. The first-order chi connectivity index (χ1) is 13.1. The van der Waals surface area contributed by atoms with Gasteiger partial charge in [0.15, 0.2) is 0 Å². The van der Waals surface area contributed by atoms with Gasteiger partial charge in [-0.1, -0.05) is 49.6 Å². The molecule has 0 amide bonds. The summed E-state index contributed by atoms with van der Waals surface area (Å²) in [5.41, 5.74) is 1.39. The Morgan fingerprint density at radius 2 is 1.85 bits per heavy atom. The van der Waals surface area contributed by atoms with Gasteiger partial charge >= 0.3 is 11.9 Å². The van der Waals surface area contributed by atoms with Crippen LogP contribution in [0.2, 0.25) is 0 Å². The van der Waals surface area contributed by atoms with E-state index in [1.54, 1.807) is 10.9 Å². The van der Waals surface area contributed by atoms with Crippen molar-refractivity contribution in [3.63, 3.8) is 0 Å². The minimum absolute atomic E-state index is 0.0121. The van der Waals surface area contributed by atoms with Crippen molar-refractivity contribution in [3.8, 4) is 0 Å². The van der Waals surface area contributed by atoms with E-state index in [2.05, 4.69) is 4.98 Å². The largest absolute Gasteiger partial charge is 0.466 e. The maximum Gasteiger partial charge on any atom is 0.357 e. The Balaban J connectivity index is 1.79. The second kappa shape index (κ2) is 8.84. The van der Waals surface area contributed by atoms with Gasteiger partial charge in [0.2, 0.25) is 6.10 Å². The summed E-state index contributed by atoms with van der Waals surface area (Å²) in [5.74, 6) is -1.02. The fourth-order valence-corrected chi connectivity index (χ4v) is 3.73. The Bertz CT molecular complexity index is 765. The van der Waals surface area contributed by atoms with Crippen LogP contribution in [0.4, 0.5) is 0 Å². The molecule has 2 atom stereocenters. The van der Waals surface area contributed by atoms with E-state index in [9.17, 15) is 9.59 Å². The lowest BCUT2D eigenvalue weighted by atomic mass is 9.85. The molecule has 1 unspecified atom stereocenters. The standard InChI is InChI=1S/C21H26N2O4/c1-15(16-9-5-3-6-10-16)23-14-22-13-18(23)20(24)27-19(21(25)26-2)17-11-7-4-8-12-17/h3,5-6,9-10,13-15,17,19H,4,7-8,11-12H2,1-2H3/t15-,19?/m1/s1. The highest BCUT2D eigenvalue weighted by atomic mass is 16.6. The van der Waals surface area contributed by atoms with Crippen molar-refractivity contribution >= 4 is 11.9 Å². The third-order valence-electron chi connectivity index (χ3n) is 5.32. The van der Waals surface area contributed by atoms with Gasteiger partial charge in [0, 0.05) is 5.92 Å². The molecule has 0 spiro atoms. The topological polar surface area (TPSA) is 70.4 Å². The first kappa shape index (κ1) is 19.1. The lowest BCUT2D eigenvalue weighted by Gasteiger charge is -2.28. The molecule has 0 aliphatic heterocycles. The zero-order valence-electron chi connectivity index (χ0n) is 15.8. The molecule has 0 bridgehead atoms. The number of aromatic nitrogens is 2. The number of ether oxygens (including phenoxy) is 2. The lowest BCUT2D eigenvalue weighted by molar-refractivity contribution is -0.154. The van der Waals surface area contributed by atoms with Crippen LogP contribution in [0, 0.1) is 5.92 Å². The van der Waals surface area contributed by atoms with Crippen LogP contribution >= 0.6 is 0 Å². The zero-order valence-corrected chi connectivity index (χ0v) is 15.8. The molecule has 2 aromatic rings.